The van der Waals surface area contributed by atoms with E-state index in [2.05, 4.69) is 63.9 Å². The quantitative estimate of drug-likeness (QED) is 0.449. The fraction of sp³-hybridized carbons (Fsp3) is 0.200. The Labute approximate surface area is 153 Å². The molecular formula is C20H22N4S. The molecule has 1 heterocycles. The summed E-state index contributed by atoms with van der Waals surface area (Å²) in [6.07, 6.45) is 1.78. The summed E-state index contributed by atoms with van der Waals surface area (Å²) < 4.78 is 0. The molecule has 0 aliphatic carbocycles. The van der Waals surface area contributed by atoms with Gasteiger partial charge in [0.05, 0.1) is 0 Å². The second kappa shape index (κ2) is 9.08. The van der Waals surface area contributed by atoms with Crippen molar-refractivity contribution < 1.29 is 0 Å². The fourth-order valence-corrected chi connectivity index (χ4v) is 3.21. The van der Waals surface area contributed by atoms with Crippen LogP contribution in [-0.4, -0.2) is 22.3 Å². The second-order valence-electron chi connectivity index (χ2n) is 5.63. The lowest BCUT2D eigenvalue weighted by Gasteiger charge is -2.15. The largest absolute Gasteiger partial charge is 0.363 e. The third kappa shape index (κ3) is 5.50. The lowest BCUT2D eigenvalue weighted by Crippen LogP contribution is -2.11. The molecule has 5 heteroatoms. The van der Waals surface area contributed by atoms with Crippen LogP contribution in [0.5, 0.6) is 0 Å². The van der Waals surface area contributed by atoms with Crippen molar-refractivity contribution in [3.05, 3.63) is 78.5 Å². The highest BCUT2D eigenvalue weighted by Gasteiger charge is 2.06. The number of thioether (sulfide) groups is 1. The van der Waals surface area contributed by atoms with Gasteiger partial charge >= 0.3 is 0 Å². The molecule has 0 aliphatic rings. The van der Waals surface area contributed by atoms with E-state index in [1.54, 1.807) is 6.20 Å². The number of hydrogen-bond donors (Lipinski definition) is 2. The molecule has 1 aromatic heterocycles. The third-order valence-electron chi connectivity index (χ3n) is 3.72. The van der Waals surface area contributed by atoms with Gasteiger partial charge < -0.3 is 10.6 Å². The van der Waals surface area contributed by atoms with Crippen molar-refractivity contribution >= 4 is 23.5 Å². The summed E-state index contributed by atoms with van der Waals surface area (Å²) >= 11 is 1.82. The third-order valence-corrected chi connectivity index (χ3v) is 4.73. The van der Waals surface area contributed by atoms with Crippen molar-refractivity contribution in [2.75, 3.05) is 22.9 Å². The normalized spacial score (nSPS) is 11.7. The Kier molecular flexibility index (Phi) is 6.29. The number of aromatic nitrogens is 2. The van der Waals surface area contributed by atoms with Gasteiger partial charge in [0.15, 0.2) is 0 Å². The van der Waals surface area contributed by atoms with E-state index in [-0.39, 0.29) is 6.04 Å². The fourth-order valence-electron chi connectivity index (χ4n) is 2.42. The molecule has 0 saturated heterocycles. The number of anilines is 2. The summed E-state index contributed by atoms with van der Waals surface area (Å²) in [5.41, 5.74) is 1.23. The molecule has 0 saturated carbocycles. The molecule has 25 heavy (non-hydrogen) atoms. The van der Waals surface area contributed by atoms with Crippen molar-refractivity contribution in [2.45, 2.75) is 17.9 Å². The minimum absolute atomic E-state index is 0.192. The molecule has 3 rings (SSSR count). The number of hydrogen-bond acceptors (Lipinski definition) is 5. The molecule has 1 unspecified atom stereocenters. The van der Waals surface area contributed by atoms with Crippen molar-refractivity contribution in [3.63, 3.8) is 0 Å². The first-order chi connectivity index (χ1) is 12.3. The van der Waals surface area contributed by atoms with Gasteiger partial charge in [0, 0.05) is 29.4 Å². The van der Waals surface area contributed by atoms with Gasteiger partial charge in [-0.25, -0.2) is 4.98 Å². The average Bonchev–Trinajstić information content (AvgIpc) is 2.67. The van der Waals surface area contributed by atoms with E-state index in [0.717, 1.165) is 18.1 Å². The van der Waals surface area contributed by atoms with E-state index in [4.69, 9.17) is 0 Å². The minimum atomic E-state index is 0.192. The van der Waals surface area contributed by atoms with Crippen LogP contribution >= 0.6 is 11.8 Å². The number of nitrogens with zero attached hydrogens (tertiary/aromatic N) is 2. The standard InChI is InChI=1S/C20H22N4S/c1-16(17-8-4-2-5-9-17)23-19-12-13-21-20(24-19)22-14-15-25-18-10-6-3-7-11-18/h2-13,16H,14-15H2,1H3,(H2,21,22,23,24). The van der Waals surface area contributed by atoms with Crippen molar-refractivity contribution in [1.29, 1.82) is 0 Å². The Balaban J connectivity index is 1.49. The molecule has 2 aromatic carbocycles. The summed E-state index contributed by atoms with van der Waals surface area (Å²) in [4.78, 5) is 10.1. The van der Waals surface area contributed by atoms with Crippen LogP contribution in [0.3, 0.4) is 0 Å². The first-order valence-electron chi connectivity index (χ1n) is 8.37. The van der Waals surface area contributed by atoms with Crippen LogP contribution in [0.25, 0.3) is 0 Å². The van der Waals surface area contributed by atoms with Crippen molar-refractivity contribution in [1.82, 2.24) is 9.97 Å². The minimum Gasteiger partial charge on any atom is -0.363 e. The number of benzene rings is 2. The van der Waals surface area contributed by atoms with Crippen LogP contribution in [0.15, 0.2) is 77.8 Å². The topological polar surface area (TPSA) is 49.8 Å². The molecule has 0 fully saturated rings. The van der Waals surface area contributed by atoms with Gasteiger partial charge in [-0.3, -0.25) is 0 Å². The van der Waals surface area contributed by atoms with E-state index in [1.165, 1.54) is 10.5 Å². The smallest absolute Gasteiger partial charge is 0.224 e. The highest BCUT2D eigenvalue weighted by molar-refractivity contribution is 7.99. The predicted molar refractivity (Wildman–Crippen MR) is 106 cm³/mol. The highest BCUT2D eigenvalue weighted by atomic mass is 32.2. The summed E-state index contributed by atoms with van der Waals surface area (Å²) in [6, 6.07) is 22.8. The van der Waals surface area contributed by atoms with Crippen LogP contribution in [0.4, 0.5) is 11.8 Å². The molecule has 0 spiro atoms. The second-order valence-corrected chi connectivity index (χ2v) is 6.80. The Morgan fingerprint density at radius 1 is 0.960 bits per heavy atom. The summed E-state index contributed by atoms with van der Waals surface area (Å²) in [7, 11) is 0. The molecule has 0 aliphatic heterocycles. The molecule has 2 N–H and O–H groups in total. The Morgan fingerprint density at radius 3 is 2.44 bits per heavy atom. The van der Waals surface area contributed by atoms with Crippen molar-refractivity contribution in [2.24, 2.45) is 0 Å². The van der Waals surface area contributed by atoms with Gasteiger partial charge in [-0.2, -0.15) is 4.98 Å². The lowest BCUT2D eigenvalue weighted by molar-refractivity contribution is 0.872. The van der Waals surface area contributed by atoms with Crippen LogP contribution in [0, 0.1) is 0 Å². The number of rotatable bonds is 8. The maximum atomic E-state index is 4.54. The maximum Gasteiger partial charge on any atom is 0.224 e. The van der Waals surface area contributed by atoms with Gasteiger partial charge in [0.1, 0.15) is 5.82 Å². The molecule has 0 radical (unpaired) electrons. The summed E-state index contributed by atoms with van der Waals surface area (Å²) in [5.74, 6) is 2.44. The molecule has 128 valence electrons. The first kappa shape index (κ1) is 17.3. The van der Waals surface area contributed by atoms with E-state index < -0.39 is 0 Å². The van der Waals surface area contributed by atoms with Gasteiger partial charge in [-0.15, -0.1) is 11.8 Å². The molecule has 3 aromatic rings. The van der Waals surface area contributed by atoms with Gasteiger partial charge in [0.25, 0.3) is 0 Å². The van der Waals surface area contributed by atoms with Gasteiger partial charge in [0.2, 0.25) is 5.95 Å². The highest BCUT2D eigenvalue weighted by Crippen LogP contribution is 2.18. The van der Waals surface area contributed by atoms with Crippen LogP contribution in [0.2, 0.25) is 0 Å². The number of nitrogens with one attached hydrogen (secondary N) is 2. The summed E-state index contributed by atoms with van der Waals surface area (Å²) in [5, 5.41) is 6.70. The van der Waals surface area contributed by atoms with Crippen molar-refractivity contribution in [3.8, 4) is 0 Å². The Hall–Kier alpha value is -2.53. The van der Waals surface area contributed by atoms with E-state index in [1.807, 2.05) is 42.1 Å². The lowest BCUT2D eigenvalue weighted by atomic mass is 10.1. The van der Waals surface area contributed by atoms with E-state index in [9.17, 15) is 0 Å². The zero-order chi connectivity index (χ0) is 17.3. The summed E-state index contributed by atoms with van der Waals surface area (Å²) in [6.45, 7) is 2.94. The van der Waals surface area contributed by atoms with E-state index >= 15 is 0 Å². The molecule has 4 nitrogen and oxygen atoms in total. The molecule has 1 atom stereocenters. The van der Waals surface area contributed by atoms with Gasteiger partial charge in [-0.1, -0.05) is 48.5 Å². The molecule has 0 bridgehead atoms. The van der Waals surface area contributed by atoms with Crippen LogP contribution in [0.1, 0.15) is 18.5 Å². The maximum absolute atomic E-state index is 4.54. The van der Waals surface area contributed by atoms with Gasteiger partial charge in [-0.05, 0) is 30.7 Å². The van der Waals surface area contributed by atoms with Crippen LogP contribution < -0.4 is 10.6 Å². The first-order valence-corrected chi connectivity index (χ1v) is 9.36. The van der Waals surface area contributed by atoms with Crippen LogP contribution in [-0.2, 0) is 0 Å². The van der Waals surface area contributed by atoms with E-state index in [0.29, 0.717) is 5.95 Å². The zero-order valence-electron chi connectivity index (χ0n) is 14.2. The molecular weight excluding hydrogens is 328 g/mol. The predicted octanol–water partition coefficient (Wildman–Crippen LogP) is 4.85. The average molecular weight is 350 g/mol. The Morgan fingerprint density at radius 2 is 1.68 bits per heavy atom. The SMILES string of the molecule is CC(Nc1ccnc(NCCSc2ccccc2)n1)c1ccccc1. The Bertz CT molecular complexity index is 765. The zero-order valence-corrected chi connectivity index (χ0v) is 15.0. The molecule has 0 amide bonds. The monoisotopic (exact) mass is 350 g/mol.